The minimum atomic E-state index is -0.268. The van der Waals surface area contributed by atoms with Gasteiger partial charge in [0.2, 0.25) is 5.91 Å². The van der Waals surface area contributed by atoms with Crippen molar-refractivity contribution in [3.05, 3.63) is 71.5 Å². The molecule has 6 nitrogen and oxygen atoms in total. The fraction of sp³-hybridized carbons (Fsp3) is 0.391. The van der Waals surface area contributed by atoms with Crippen molar-refractivity contribution in [1.82, 2.24) is 15.5 Å². The molecule has 1 aliphatic rings. The van der Waals surface area contributed by atoms with Gasteiger partial charge < -0.3 is 20.3 Å². The van der Waals surface area contributed by atoms with Gasteiger partial charge in [-0.2, -0.15) is 0 Å². The average Bonchev–Trinajstić information content (AvgIpc) is 2.76. The monoisotopic (exact) mass is 540 g/mol. The van der Waals surface area contributed by atoms with Crippen LogP contribution in [0.25, 0.3) is 0 Å². The Morgan fingerprint density at radius 2 is 1.84 bits per heavy atom. The Morgan fingerprint density at radius 1 is 1.13 bits per heavy atom. The normalized spacial score (nSPS) is 18.8. The molecule has 1 saturated heterocycles. The number of nitrogens with one attached hydrogen (secondary N) is 2. The minimum absolute atomic E-state index is 0. The van der Waals surface area contributed by atoms with Gasteiger partial charge in [0.25, 0.3) is 0 Å². The van der Waals surface area contributed by atoms with Crippen LogP contribution in [0, 0.1) is 5.82 Å². The quantitative estimate of drug-likeness (QED) is 0.335. The van der Waals surface area contributed by atoms with Crippen molar-refractivity contribution in [2.45, 2.75) is 32.6 Å². The zero-order valence-corrected chi connectivity index (χ0v) is 20.2. The molecule has 2 N–H and O–H groups in total. The van der Waals surface area contributed by atoms with Gasteiger partial charge in [0, 0.05) is 19.6 Å². The molecule has 0 bridgehead atoms. The smallest absolute Gasteiger partial charge is 0.242 e. The SMILES string of the molecule is CCNC(=NCC(=O)NCc1ccccc1)N1CC(C)OC(c2ccc(F)cc2)C1.I. The summed E-state index contributed by atoms with van der Waals surface area (Å²) in [5.74, 6) is 0.274. The van der Waals surface area contributed by atoms with E-state index in [-0.39, 0.29) is 54.5 Å². The summed E-state index contributed by atoms with van der Waals surface area (Å²) in [6, 6.07) is 16.2. The lowest BCUT2D eigenvalue weighted by Crippen LogP contribution is -2.51. The predicted octanol–water partition coefficient (Wildman–Crippen LogP) is 3.49. The molecule has 8 heteroatoms. The van der Waals surface area contributed by atoms with Crippen LogP contribution in [0.1, 0.15) is 31.1 Å². The van der Waals surface area contributed by atoms with E-state index in [2.05, 4.69) is 20.5 Å². The first-order valence-electron chi connectivity index (χ1n) is 10.3. The summed E-state index contributed by atoms with van der Waals surface area (Å²) < 4.78 is 19.3. The second kappa shape index (κ2) is 12.6. The molecule has 1 aliphatic heterocycles. The summed E-state index contributed by atoms with van der Waals surface area (Å²) in [6.45, 7) is 6.44. The summed E-state index contributed by atoms with van der Waals surface area (Å²) in [4.78, 5) is 18.9. The Hall–Kier alpha value is -2.20. The molecular weight excluding hydrogens is 510 g/mol. The number of carbonyl (C=O) groups is 1. The van der Waals surface area contributed by atoms with Crippen molar-refractivity contribution >= 4 is 35.8 Å². The largest absolute Gasteiger partial charge is 0.367 e. The number of ether oxygens (including phenoxy) is 1. The van der Waals surface area contributed by atoms with Gasteiger partial charge >= 0.3 is 0 Å². The maximum Gasteiger partial charge on any atom is 0.242 e. The molecule has 3 rings (SSSR count). The van der Waals surface area contributed by atoms with Crippen LogP contribution < -0.4 is 10.6 Å². The lowest BCUT2D eigenvalue weighted by Gasteiger charge is -2.38. The summed E-state index contributed by atoms with van der Waals surface area (Å²) in [5.41, 5.74) is 1.97. The number of hydrogen-bond donors (Lipinski definition) is 2. The van der Waals surface area contributed by atoms with Crippen molar-refractivity contribution in [1.29, 1.82) is 0 Å². The molecule has 2 unspecified atom stereocenters. The number of guanidine groups is 1. The number of morpholine rings is 1. The number of amides is 1. The highest BCUT2D eigenvalue weighted by Gasteiger charge is 2.28. The van der Waals surface area contributed by atoms with E-state index in [1.807, 2.05) is 44.2 Å². The number of rotatable bonds is 6. The number of halogens is 2. The fourth-order valence-corrected chi connectivity index (χ4v) is 3.41. The molecule has 2 aromatic rings. The fourth-order valence-electron chi connectivity index (χ4n) is 3.41. The summed E-state index contributed by atoms with van der Waals surface area (Å²) in [6.07, 6.45) is -0.213. The van der Waals surface area contributed by atoms with Gasteiger partial charge in [-0.25, -0.2) is 9.38 Å². The maximum absolute atomic E-state index is 13.3. The van der Waals surface area contributed by atoms with E-state index in [0.717, 1.165) is 11.1 Å². The Bertz CT molecular complexity index is 848. The molecule has 0 saturated carbocycles. The molecule has 2 atom stereocenters. The number of benzene rings is 2. The summed E-state index contributed by atoms with van der Waals surface area (Å²) in [7, 11) is 0. The number of nitrogens with zero attached hydrogens (tertiary/aromatic N) is 2. The highest BCUT2D eigenvalue weighted by atomic mass is 127. The van der Waals surface area contributed by atoms with Gasteiger partial charge in [-0.3, -0.25) is 4.79 Å². The Labute approximate surface area is 200 Å². The first-order chi connectivity index (χ1) is 14.5. The minimum Gasteiger partial charge on any atom is -0.367 e. The number of carbonyl (C=O) groups excluding carboxylic acids is 1. The molecule has 31 heavy (non-hydrogen) atoms. The van der Waals surface area contributed by atoms with Gasteiger partial charge in [0.15, 0.2) is 5.96 Å². The standard InChI is InChI=1S/C23H29FN4O2.HI/c1-3-25-23(27-14-22(29)26-13-18-7-5-4-6-8-18)28-15-17(2)30-21(16-28)19-9-11-20(24)12-10-19;/h4-12,17,21H,3,13-16H2,1-2H3,(H,25,27)(H,26,29);1H. The summed E-state index contributed by atoms with van der Waals surface area (Å²) in [5, 5.41) is 6.16. The molecule has 0 spiro atoms. The van der Waals surface area contributed by atoms with E-state index >= 15 is 0 Å². The molecule has 0 aliphatic carbocycles. The van der Waals surface area contributed by atoms with E-state index in [9.17, 15) is 9.18 Å². The van der Waals surface area contributed by atoms with E-state index in [0.29, 0.717) is 32.1 Å². The third-order valence-corrected chi connectivity index (χ3v) is 4.84. The first-order valence-corrected chi connectivity index (χ1v) is 10.3. The average molecular weight is 540 g/mol. The van der Waals surface area contributed by atoms with Crippen LogP contribution in [0.2, 0.25) is 0 Å². The predicted molar refractivity (Wildman–Crippen MR) is 131 cm³/mol. The van der Waals surface area contributed by atoms with E-state index < -0.39 is 0 Å². The molecule has 1 heterocycles. The van der Waals surface area contributed by atoms with Crippen molar-refractivity contribution in [3.8, 4) is 0 Å². The zero-order chi connectivity index (χ0) is 21.3. The number of hydrogen-bond acceptors (Lipinski definition) is 3. The van der Waals surface area contributed by atoms with Crippen LogP contribution in [-0.2, 0) is 16.1 Å². The topological polar surface area (TPSA) is 66.0 Å². The lowest BCUT2D eigenvalue weighted by atomic mass is 10.1. The van der Waals surface area contributed by atoms with Crippen molar-refractivity contribution in [2.24, 2.45) is 4.99 Å². The first kappa shape index (κ1) is 25.1. The van der Waals surface area contributed by atoms with Gasteiger partial charge in [-0.1, -0.05) is 42.5 Å². The summed E-state index contributed by atoms with van der Waals surface area (Å²) >= 11 is 0. The highest BCUT2D eigenvalue weighted by Crippen LogP contribution is 2.25. The van der Waals surface area contributed by atoms with Crippen LogP contribution in [0.15, 0.2) is 59.6 Å². The molecule has 2 aromatic carbocycles. The van der Waals surface area contributed by atoms with Crippen LogP contribution in [0.4, 0.5) is 4.39 Å². The van der Waals surface area contributed by atoms with Crippen molar-refractivity contribution in [3.63, 3.8) is 0 Å². The third-order valence-electron chi connectivity index (χ3n) is 4.84. The van der Waals surface area contributed by atoms with Gasteiger partial charge in [-0.15, -0.1) is 24.0 Å². The molecule has 0 radical (unpaired) electrons. The van der Waals surface area contributed by atoms with Crippen LogP contribution in [0.5, 0.6) is 0 Å². The van der Waals surface area contributed by atoms with Crippen LogP contribution in [0.3, 0.4) is 0 Å². The van der Waals surface area contributed by atoms with Crippen molar-refractivity contribution < 1.29 is 13.9 Å². The van der Waals surface area contributed by atoms with Crippen LogP contribution >= 0.6 is 24.0 Å². The maximum atomic E-state index is 13.3. The Kier molecular flexibility index (Phi) is 10.2. The second-order valence-electron chi connectivity index (χ2n) is 7.32. The lowest BCUT2D eigenvalue weighted by molar-refractivity contribution is -0.119. The zero-order valence-electron chi connectivity index (χ0n) is 17.9. The van der Waals surface area contributed by atoms with E-state index in [4.69, 9.17) is 4.74 Å². The second-order valence-corrected chi connectivity index (χ2v) is 7.32. The molecule has 1 fully saturated rings. The third kappa shape index (κ3) is 7.77. The molecular formula is C23H30FIN4O2. The highest BCUT2D eigenvalue weighted by molar-refractivity contribution is 14.0. The molecule has 1 amide bonds. The van der Waals surface area contributed by atoms with E-state index in [1.54, 1.807) is 12.1 Å². The van der Waals surface area contributed by atoms with E-state index in [1.165, 1.54) is 12.1 Å². The van der Waals surface area contributed by atoms with Gasteiger partial charge in [0.1, 0.15) is 18.5 Å². The number of aliphatic imine (C=N–C) groups is 1. The van der Waals surface area contributed by atoms with Crippen molar-refractivity contribution in [2.75, 3.05) is 26.2 Å². The Morgan fingerprint density at radius 3 is 2.52 bits per heavy atom. The van der Waals surface area contributed by atoms with Gasteiger partial charge in [-0.05, 0) is 37.1 Å². The van der Waals surface area contributed by atoms with Gasteiger partial charge in [0.05, 0.1) is 12.6 Å². The Balaban J connectivity index is 0.00000341. The van der Waals surface area contributed by atoms with Crippen LogP contribution in [-0.4, -0.2) is 49.0 Å². The molecule has 0 aromatic heterocycles. The molecule has 168 valence electrons.